The molecule has 1 unspecified atom stereocenters. The molecule has 32 heavy (non-hydrogen) atoms. The van der Waals surface area contributed by atoms with Crippen LogP contribution in [0.5, 0.6) is 11.6 Å². The number of methoxy groups -OCH3 is 1. The average Bonchev–Trinajstić information content (AvgIpc) is 3.44. The predicted octanol–water partition coefficient (Wildman–Crippen LogP) is 3.37. The highest BCUT2D eigenvalue weighted by atomic mass is 19.4. The molecule has 0 radical (unpaired) electrons. The first kappa shape index (κ1) is 22.0. The van der Waals surface area contributed by atoms with Crippen LogP contribution in [-0.2, 0) is 7.05 Å². The van der Waals surface area contributed by atoms with Gasteiger partial charge in [-0.05, 0) is 25.5 Å². The number of aliphatic hydroxyl groups is 1. The topological polar surface area (TPSA) is 95.2 Å². The number of aliphatic hydroxyl groups excluding tert-OH is 1. The summed E-state index contributed by atoms with van der Waals surface area (Å²) in [5, 5.41) is 13.6. The summed E-state index contributed by atoms with van der Waals surface area (Å²) in [5.74, 6) is 1.67. The van der Waals surface area contributed by atoms with Gasteiger partial charge in [-0.3, -0.25) is 9.67 Å². The van der Waals surface area contributed by atoms with Crippen molar-refractivity contribution in [1.82, 2.24) is 24.7 Å². The molecule has 3 atom stereocenters. The highest BCUT2D eigenvalue weighted by Gasteiger charge is 2.43. The van der Waals surface area contributed by atoms with Gasteiger partial charge in [0.25, 0.3) is 0 Å². The first-order chi connectivity index (χ1) is 15.2. The molecule has 1 fully saturated rings. The lowest BCUT2D eigenvalue weighted by atomic mass is 10.1. The van der Waals surface area contributed by atoms with Crippen LogP contribution in [0.3, 0.4) is 0 Å². The number of pyridine rings is 1. The van der Waals surface area contributed by atoms with Crippen LogP contribution < -0.4 is 9.47 Å². The van der Waals surface area contributed by atoms with Gasteiger partial charge in [-0.2, -0.15) is 23.3 Å². The van der Waals surface area contributed by atoms with Crippen molar-refractivity contribution < 1.29 is 27.8 Å². The van der Waals surface area contributed by atoms with Crippen LogP contribution in [-0.4, -0.2) is 49.7 Å². The summed E-state index contributed by atoms with van der Waals surface area (Å²) in [4.78, 5) is 12.8. The zero-order valence-electron chi connectivity index (χ0n) is 17.7. The number of alkyl halides is 3. The van der Waals surface area contributed by atoms with Crippen molar-refractivity contribution in [3.8, 4) is 22.8 Å². The highest BCUT2D eigenvalue weighted by Crippen LogP contribution is 2.47. The maximum Gasteiger partial charge on any atom is 0.420 e. The molecule has 4 rings (SSSR count). The van der Waals surface area contributed by atoms with Gasteiger partial charge >= 0.3 is 6.18 Å². The Kier molecular flexibility index (Phi) is 5.76. The fourth-order valence-electron chi connectivity index (χ4n) is 3.53. The Hall–Kier alpha value is -3.21. The van der Waals surface area contributed by atoms with E-state index in [1.54, 1.807) is 20.2 Å². The van der Waals surface area contributed by atoms with E-state index in [1.165, 1.54) is 24.1 Å². The Bertz CT molecular complexity index is 1100. The summed E-state index contributed by atoms with van der Waals surface area (Å²) in [6.07, 6.45) is -2.29. The third-order valence-electron chi connectivity index (χ3n) is 5.32. The molecule has 1 saturated carbocycles. The summed E-state index contributed by atoms with van der Waals surface area (Å²) >= 11 is 0. The van der Waals surface area contributed by atoms with Crippen LogP contribution in [0.2, 0.25) is 0 Å². The van der Waals surface area contributed by atoms with Crippen molar-refractivity contribution in [2.75, 3.05) is 13.7 Å². The molecule has 0 bridgehead atoms. The second-order valence-corrected chi connectivity index (χ2v) is 7.72. The van der Waals surface area contributed by atoms with E-state index >= 15 is 0 Å². The van der Waals surface area contributed by atoms with E-state index in [9.17, 15) is 18.3 Å². The lowest BCUT2D eigenvalue weighted by molar-refractivity contribution is -0.207. The summed E-state index contributed by atoms with van der Waals surface area (Å²) in [6, 6.07) is 3.75. The lowest BCUT2D eigenvalue weighted by Crippen LogP contribution is -2.21. The van der Waals surface area contributed by atoms with Crippen LogP contribution in [0.15, 0.2) is 30.7 Å². The van der Waals surface area contributed by atoms with E-state index in [0.29, 0.717) is 18.2 Å². The van der Waals surface area contributed by atoms with Gasteiger partial charge in [-0.15, -0.1) is 0 Å². The monoisotopic (exact) mass is 449 g/mol. The molecule has 0 amide bonds. The Morgan fingerprint density at radius 2 is 2.00 bits per heavy atom. The summed E-state index contributed by atoms with van der Waals surface area (Å²) < 4.78 is 51.7. The number of ether oxygens (including phenoxy) is 2. The molecule has 3 aromatic heterocycles. The minimum atomic E-state index is -4.86. The predicted molar refractivity (Wildman–Crippen MR) is 107 cm³/mol. The van der Waals surface area contributed by atoms with Gasteiger partial charge in [-0.25, -0.2) is 4.98 Å². The second-order valence-electron chi connectivity index (χ2n) is 7.72. The SMILES string of the molecule is COc1ccc([C@H]2C[C@@H]2COc2nc(C)ncc2-c2cn(C)nc2C(O)C(F)(F)F)nc1. The molecular weight excluding hydrogens is 427 g/mol. The molecule has 170 valence electrons. The van der Waals surface area contributed by atoms with Gasteiger partial charge in [-0.1, -0.05) is 0 Å². The molecule has 0 saturated heterocycles. The highest BCUT2D eigenvalue weighted by molar-refractivity contribution is 5.70. The Morgan fingerprint density at radius 1 is 1.22 bits per heavy atom. The normalized spacial score (nSPS) is 19.0. The number of hydrogen-bond acceptors (Lipinski definition) is 7. The van der Waals surface area contributed by atoms with Crippen molar-refractivity contribution in [3.05, 3.63) is 47.9 Å². The minimum absolute atomic E-state index is 0.0662. The van der Waals surface area contributed by atoms with Crippen LogP contribution in [0, 0.1) is 12.8 Å². The van der Waals surface area contributed by atoms with Crippen molar-refractivity contribution in [2.45, 2.75) is 31.5 Å². The number of rotatable bonds is 7. The number of nitrogens with zero attached hydrogens (tertiary/aromatic N) is 5. The van der Waals surface area contributed by atoms with Crippen LogP contribution in [0.1, 0.15) is 35.7 Å². The molecule has 3 aromatic rings. The van der Waals surface area contributed by atoms with Crippen LogP contribution in [0.25, 0.3) is 11.1 Å². The van der Waals surface area contributed by atoms with Crippen LogP contribution in [0.4, 0.5) is 13.2 Å². The first-order valence-electron chi connectivity index (χ1n) is 9.92. The standard InChI is InChI=1S/C21H22F3N5O3/c1-11-25-8-15(16-9-29(2)28-18(16)19(30)21(22,23)24)20(27-11)32-10-12-6-14(12)17-5-4-13(31-3)7-26-17/h4-5,7-9,12,14,19,30H,6,10H2,1-3H3/t12-,14+,19?/m1/s1. The van der Waals surface area contributed by atoms with Crippen molar-refractivity contribution in [2.24, 2.45) is 13.0 Å². The molecule has 0 aliphatic heterocycles. The minimum Gasteiger partial charge on any atom is -0.495 e. The van der Waals surface area contributed by atoms with Gasteiger partial charge < -0.3 is 14.6 Å². The smallest absolute Gasteiger partial charge is 0.420 e. The number of aryl methyl sites for hydroxylation is 2. The Balaban J connectivity index is 1.54. The molecule has 11 heteroatoms. The van der Waals surface area contributed by atoms with Gasteiger partial charge in [0.05, 0.1) is 25.5 Å². The molecule has 8 nitrogen and oxygen atoms in total. The third kappa shape index (κ3) is 4.52. The van der Waals surface area contributed by atoms with E-state index in [4.69, 9.17) is 9.47 Å². The molecular formula is C21H22F3N5O3. The maximum absolute atomic E-state index is 13.1. The molecule has 1 aliphatic rings. The second kappa shape index (κ2) is 8.38. The Labute approximate surface area is 182 Å². The largest absolute Gasteiger partial charge is 0.495 e. The zero-order valence-corrected chi connectivity index (χ0v) is 17.7. The molecule has 1 aliphatic carbocycles. The zero-order chi connectivity index (χ0) is 23.0. The van der Waals surface area contributed by atoms with Crippen molar-refractivity contribution >= 4 is 0 Å². The van der Waals surface area contributed by atoms with Gasteiger partial charge in [0.2, 0.25) is 5.88 Å². The summed E-state index contributed by atoms with van der Waals surface area (Å²) in [5.41, 5.74) is 0.712. The van der Waals surface area contributed by atoms with E-state index in [0.717, 1.165) is 12.1 Å². The molecule has 0 aromatic carbocycles. The molecule has 1 N–H and O–H groups in total. The molecule has 0 spiro atoms. The van der Waals surface area contributed by atoms with Gasteiger partial charge in [0, 0.05) is 42.5 Å². The Morgan fingerprint density at radius 3 is 2.66 bits per heavy atom. The van der Waals surface area contributed by atoms with Crippen molar-refractivity contribution in [3.63, 3.8) is 0 Å². The number of aromatic nitrogens is 5. The van der Waals surface area contributed by atoms with Crippen LogP contribution >= 0.6 is 0 Å². The number of hydrogen-bond donors (Lipinski definition) is 1. The van der Waals surface area contributed by atoms with Crippen molar-refractivity contribution in [1.29, 1.82) is 0 Å². The number of halogens is 3. The fraction of sp³-hybridized carbons (Fsp3) is 0.429. The fourth-order valence-corrected chi connectivity index (χ4v) is 3.53. The first-order valence-corrected chi connectivity index (χ1v) is 9.92. The summed E-state index contributed by atoms with van der Waals surface area (Å²) in [7, 11) is 3.05. The van der Waals surface area contributed by atoms with Gasteiger partial charge in [0.15, 0.2) is 6.10 Å². The quantitative estimate of drug-likeness (QED) is 0.591. The lowest BCUT2D eigenvalue weighted by Gasteiger charge is -2.15. The summed E-state index contributed by atoms with van der Waals surface area (Å²) in [6.45, 7) is 1.98. The van der Waals surface area contributed by atoms with E-state index in [2.05, 4.69) is 20.1 Å². The van der Waals surface area contributed by atoms with E-state index < -0.39 is 18.0 Å². The average molecular weight is 449 g/mol. The third-order valence-corrected chi connectivity index (χ3v) is 5.32. The molecule has 3 heterocycles. The van der Waals surface area contributed by atoms with E-state index in [-0.39, 0.29) is 28.8 Å². The maximum atomic E-state index is 13.1. The van der Waals surface area contributed by atoms with Gasteiger partial charge in [0.1, 0.15) is 17.3 Å². The van der Waals surface area contributed by atoms with E-state index in [1.807, 2.05) is 12.1 Å².